The lowest BCUT2D eigenvalue weighted by Crippen LogP contribution is -2.24. The lowest BCUT2D eigenvalue weighted by molar-refractivity contribution is -0.385. The van der Waals surface area contributed by atoms with Crippen molar-refractivity contribution in [3.8, 4) is 5.40 Å². The van der Waals surface area contributed by atoms with Gasteiger partial charge < -0.3 is 5.11 Å². The molecule has 0 aliphatic rings. The summed E-state index contributed by atoms with van der Waals surface area (Å²) in [6.07, 6.45) is 0.531. The summed E-state index contributed by atoms with van der Waals surface area (Å²) in [4.78, 5) is 10.1. The van der Waals surface area contributed by atoms with Gasteiger partial charge in [-0.2, -0.15) is 5.26 Å². The number of nitrogens with zero attached hydrogens (tertiary/aromatic N) is 2. The summed E-state index contributed by atoms with van der Waals surface area (Å²) in [5.74, 6) is -0.608. The Morgan fingerprint density at radius 1 is 1.63 bits per heavy atom. The van der Waals surface area contributed by atoms with E-state index in [2.05, 4.69) is 0 Å². The van der Waals surface area contributed by atoms with Gasteiger partial charge >= 0.3 is 0 Å². The molecule has 5 nitrogen and oxygen atoms in total. The van der Waals surface area contributed by atoms with Crippen molar-refractivity contribution in [2.45, 2.75) is 24.5 Å². The van der Waals surface area contributed by atoms with Crippen molar-refractivity contribution in [3.05, 3.63) is 39.7 Å². The molecule has 0 spiro atoms. The Labute approximate surface area is 114 Å². The van der Waals surface area contributed by atoms with Crippen LogP contribution >= 0.6 is 11.8 Å². The van der Waals surface area contributed by atoms with Crippen LogP contribution in [-0.2, 0) is 4.75 Å². The van der Waals surface area contributed by atoms with Gasteiger partial charge in [0.2, 0.25) is 0 Å². The minimum Gasteiger partial charge on any atom is -0.396 e. The van der Waals surface area contributed by atoms with Crippen LogP contribution in [0.15, 0.2) is 18.2 Å². The summed E-state index contributed by atoms with van der Waals surface area (Å²) in [6, 6.07) is 3.24. The number of halogens is 1. The summed E-state index contributed by atoms with van der Waals surface area (Å²) in [5, 5.41) is 30.6. The number of benzene rings is 1. The lowest BCUT2D eigenvalue weighted by Gasteiger charge is -2.29. The summed E-state index contributed by atoms with van der Waals surface area (Å²) in [5.41, 5.74) is -0.143. The second-order valence-corrected chi connectivity index (χ2v) is 5.10. The van der Waals surface area contributed by atoms with Crippen LogP contribution in [0.1, 0.15) is 25.3 Å². The first-order valence-corrected chi connectivity index (χ1v) is 6.44. The van der Waals surface area contributed by atoms with E-state index in [9.17, 15) is 14.5 Å². The third-order valence-corrected chi connectivity index (χ3v) is 4.17. The summed E-state index contributed by atoms with van der Waals surface area (Å²) < 4.78 is 13.0. The highest BCUT2D eigenvalue weighted by Crippen LogP contribution is 2.44. The van der Waals surface area contributed by atoms with Crippen LogP contribution in [0.4, 0.5) is 10.1 Å². The van der Waals surface area contributed by atoms with E-state index in [4.69, 9.17) is 10.4 Å². The standard InChI is InChI=1S/C12H13FN2O3S/c1-2-12(5-6-16,19-8-14)10-7-9(15(17)18)3-4-11(10)13/h3-4,7,16H,2,5-6H2,1H3/t12-/m0/s1. The maximum absolute atomic E-state index is 13.9. The maximum Gasteiger partial charge on any atom is 0.269 e. The van der Waals surface area contributed by atoms with Crippen molar-refractivity contribution in [2.24, 2.45) is 0 Å². The van der Waals surface area contributed by atoms with E-state index >= 15 is 0 Å². The molecule has 0 aliphatic carbocycles. The normalized spacial score (nSPS) is 13.6. The van der Waals surface area contributed by atoms with Gasteiger partial charge in [0.05, 0.1) is 9.67 Å². The van der Waals surface area contributed by atoms with E-state index in [1.807, 2.05) is 5.40 Å². The average molecular weight is 284 g/mol. The summed E-state index contributed by atoms with van der Waals surface area (Å²) in [7, 11) is 0. The number of non-ortho nitro benzene ring substituents is 1. The van der Waals surface area contributed by atoms with Gasteiger partial charge in [-0.05, 0) is 30.7 Å². The SMILES string of the molecule is CC[C@@](CCO)(SC#N)c1cc([N+](=O)[O-])ccc1F. The number of hydrogen-bond donors (Lipinski definition) is 1. The van der Waals surface area contributed by atoms with Gasteiger partial charge in [-0.3, -0.25) is 10.1 Å². The van der Waals surface area contributed by atoms with Crippen LogP contribution in [-0.4, -0.2) is 16.6 Å². The monoisotopic (exact) mass is 284 g/mol. The Morgan fingerprint density at radius 3 is 2.79 bits per heavy atom. The molecular formula is C12H13FN2O3S. The third kappa shape index (κ3) is 3.22. The molecule has 1 aromatic carbocycles. The van der Waals surface area contributed by atoms with Crippen molar-refractivity contribution in [1.29, 1.82) is 5.26 Å². The fourth-order valence-electron chi connectivity index (χ4n) is 1.92. The molecule has 0 aliphatic heterocycles. The minimum absolute atomic E-state index is 0.0878. The molecule has 0 saturated carbocycles. The molecule has 0 saturated heterocycles. The van der Waals surface area contributed by atoms with Gasteiger partial charge in [-0.15, -0.1) is 0 Å². The first kappa shape index (κ1) is 15.4. The van der Waals surface area contributed by atoms with Gasteiger partial charge in [-0.1, -0.05) is 6.92 Å². The molecule has 7 heteroatoms. The number of thioether (sulfide) groups is 1. The fraction of sp³-hybridized carbons (Fsp3) is 0.417. The Bertz CT molecular complexity index is 518. The van der Waals surface area contributed by atoms with Crippen molar-refractivity contribution in [2.75, 3.05) is 6.61 Å². The van der Waals surface area contributed by atoms with Crippen molar-refractivity contribution < 1.29 is 14.4 Å². The molecule has 1 rings (SSSR count). The zero-order chi connectivity index (χ0) is 14.5. The number of nitro benzene ring substituents is 1. The van der Waals surface area contributed by atoms with Crippen molar-refractivity contribution in [1.82, 2.24) is 0 Å². The number of hydrogen-bond acceptors (Lipinski definition) is 5. The first-order valence-electron chi connectivity index (χ1n) is 5.63. The van der Waals surface area contributed by atoms with Crippen LogP contribution in [0.25, 0.3) is 0 Å². The average Bonchev–Trinajstić information content (AvgIpc) is 2.38. The molecular weight excluding hydrogens is 271 g/mol. The molecule has 19 heavy (non-hydrogen) atoms. The largest absolute Gasteiger partial charge is 0.396 e. The van der Waals surface area contributed by atoms with Crippen molar-refractivity contribution >= 4 is 17.4 Å². The van der Waals surface area contributed by atoms with Crippen LogP contribution in [0.3, 0.4) is 0 Å². The number of nitro groups is 1. The Balaban J connectivity index is 3.40. The summed E-state index contributed by atoms with van der Waals surface area (Å²) >= 11 is 0.819. The molecule has 0 bridgehead atoms. The zero-order valence-electron chi connectivity index (χ0n) is 10.3. The second-order valence-electron chi connectivity index (χ2n) is 3.94. The molecule has 1 atom stereocenters. The van der Waals surface area contributed by atoms with E-state index in [1.165, 1.54) is 0 Å². The van der Waals surface area contributed by atoms with E-state index in [-0.39, 0.29) is 24.3 Å². The number of thiocyanates is 1. The molecule has 1 N–H and O–H groups in total. The quantitative estimate of drug-likeness (QED) is 0.493. The first-order chi connectivity index (χ1) is 9.00. The molecule has 0 amide bonds. The number of nitriles is 1. The minimum atomic E-state index is -0.973. The predicted octanol–water partition coefficient (Wildman–Crippen LogP) is 2.94. The molecule has 0 unspecified atom stereocenters. The van der Waals surface area contributed by atoms with Crippen LogP contribution in [0.2, 0.25) is 0 Å². The summed E-state index contributed by atoms with van der Waals surface area (Å²) in [6.45, 7) is 1.52. The van der Waals surface area contributed by atoms with E-state index < -0.39 is 15.5 Å². The second kappa shape index (κ2) is 6.50. The van der Waals surface area contributed by atoms with E-state index in [0.717, 1.165) is 30.0 Å². The predicted molar refractivity (Wildman–Crippen MR) is 69.9 cm³/mol. The molecule has 0 fully saturated rings. The van der Waals surface area contributed by atoms with Gasteiger partial charge in [0.25, 0.3) is 5.69 Å². The highest BCUT2D eigenvalue weighted by atomic mass is 32.2. The van der Waals surface area contributed by atoms with Gasteiger partial charge in [-0.25, -0.2) is 4.39 Å². The number of aliphatic hydroxyl groups is 1. The highest BCUT2D eigenvalue weighted by molar-refractivity contribution is 8.04. The Hall–Kier alpha value is -1.65. The third-order valence-electron chi connectivity index (χ3n) is 2.98. The molecule has 0 aromatic heterocycles. The van der Waals surface area contributed by atoms with Crippen molar-refractivity contribution in [3.63, 3.8) is 0 Å². The molecule has 1 aromatic rings. The Morgan fingerprint density at radius 2 is 2.32 bits per heavy atom. The van der Waals surface area contributed by atoms with Gasteiger partial charge in [0, 0.05) is 24.3 Å². The number of aliphatic hydroxyl groups excluding tert-OH is 1. The van der Waals surface area contributed by atoms with Crippen LogP contribution < -0.4 is 0 Å². The maximum atomic E-state index is 13.9. The molecule has 0 heterocycles. The van der Waals surface area contributed by atoms with Gasteiger partial charge in [0.15, 0.2) is 0 Å². The topological polar surface area (TPSA) is 87.2 Å². The van der Waals surface area contributed by atoms with E-state index in [0.29, 0.717) is 6.42 Å². The molecule has 0 radical (unpaired) electrons. The zero-order valence-corrected chi connectivity index (χ0v) is 11.1. The lowest BCUT2D eigenvalue weighted by atomic mass is 9.91. The van der Waals surface area contributed by atoms with E-state index in [1.54, 1.807) is 6.92 Å². The number of rotatable bonds is 6. The van der Waals surface area contributed by atoms with Crippen LogP contribution in [0, 0.1) is 26.6 Å². The molecule has 102 valence electrons. The van der Waals surface area contributed by atoms with Crippen LogP contribution in [0.5, 0.6) is 0 Å². The smallest absolute Gasteiger partial charge is 0.269 e. The fourth-order valence-corrected chi connectivity index (χ4v) is 2.70. The van der Waals surface area contributed by atoms with Gasteiger partial charge in [0.1, 0.15) is 11.2 Å². The highest BCUT2D eigenvalue weighted by Gasteiger charge is 2.35. The Kier molecular flexibility index (Phi) is 5.27.